The van der Waals surface area contributed by atoms with Crippen LogP contribution in [-0.2, 0) is 5.41 Å². The van der Waals surface area contributed by atoms with E-state index in [4.69, 9.17) is 0 Å². The van der Waals surface area contributed by atoms with Crippen molar-refractivity contribution in [3.8, 4) is 22.3 Å². The van der Waals surface area contributed by atoms with Crippen LogP contribution in [0, 0.1) is 0 Å². The molecule has 0 N–H and O–H groups in total. The molecule has 2 nitrogen and oxygen atoms in total. The van der Waals surface area contributed by atoms with E-state index in [0.29, 0.717) is 0 Å². The van der Waals surface area contributed by atoms with Crippen molar-refractivity contribution in [3.05, 3.63) is 163 Å². The van der Waals surface area contributed by atoms with Gasteiger partial charge in [0.25, 0.3) is 0 Å². The molecule has 0 fully saturated rings. The Morgan fingerprint density at radius 3 is 1.92 bits per heavy atom. The number of benzene rings is 7. The summed E-state index contributed by atoms with van der Waals surface area (Å²) in [6.45, 7) is 4.79. The number of aromatic nitrogens is 1. The summed E-state index contributed by atoms with van der Waals surface area (Å²) >= 11 is 1.98. The van der Waals surface area contributed by atoms with Crippen molar-refractivity contribution < 1.29 is 0 Å². The summed E-state index contributed by atoms with van der Waals surface area (Å²) in [7, 11) is 0. The summed E-state index contributed by atoms with van der Waals surface area (Å²) < 4.78 is 5.68. The van der Waals surface area contributed by atoms with Gasteiger partial charge < -0.3 is 0 Å². The third-order valence-electron chi connectivity index (χ3n) is 11.0. The molecule has 0 saturated heterocycles. The molecule has 2 aliphatic rings. The first-order chi connectivity index (χ1) is 24.4. The second kappa shape index (κ2) is 11.5. The SMILES string of the molecule is CC1(C)c2ccccc2N2c3ccccc3B(n3c4[c]([Pb])c[c]([Pb])cc4c4cc(-c5ccccc5)cc(-c5ccccc5)c43)c3cccc1c32. The zero-order valence-electron chi connectivity index (χ0n) is 27.9. The van der Waals surface area contributed by atoms with Crippen molar-refractivity contribution in [1.82, 2.24) is 4.48 Å². The van der Waals surface area contributed by atoms with Crippen LogP contribution < -0.4 is 22.1 Å². The monoisotopic (exact) mass is 1030 g/mol. The molecule has 7 aromatic carbocycles. The van der Waals surface area contributed by atoms with Gasteiger partial charge >= 0.3 is 328 Å². The molecule has 1 aromatic heterocycles. The fourth-order valence-corrected chi connectivity index (χ4v) is 13.7. The van der Waals surface area contributed by atoms with E-state index in [1.165, 1.54) is 89.4 Å². The number of anilines is 3. The Morgan fingerprint density at radius 1 is 0.520 bits per heavy atom. The van der Waals surface area contributed by atoms with Gasteiger partial charge in [0.2, 0.25) is 0 Å². The van der Waals surface area contributed by atoms with E-state index in [-0.39, 0.29) is 12.3 Å². The normalized spacial score (nSPS) is 14.1. The molecule has 232 valence electrons. The Balaban J connectivity index is 1.39. The first-order valence-corrected chi connectivity index (χ1v) is 21.1. The Morgan fingerprint density at radius 2 is 1.14 bits per heavy atom. The maximum atomic E-state index is 2.75. The van der Waals surface area contributed by atoms with Gasteiger partial charge in [0.15, 0.2) is 0 Å². The average Bonchev–Trinajstić information content (AvgIpc) is 3.47. The van der Waals surface area contributed by atoms with Gasteiger partial charge in [-0.15, -0.1) is 0 Å². The van der Waals surface area contributed by atoms with Gasteiger partial charge in [0.05, 0.1) is 0 Å². The number of rotatable bonds is 3. The number of nitrogens with zero attached hydrogens (tertiary/aromatic N) is 2. The molecule has 0 amide bonds. The van der Waals surface area contributed by atoms with Crippen LogP contribution in [-0.4, -0.2) is 62.9 Å². The van der Waals surface area contributed by atoms with E-state index >= 15 is 0 Å². The summed E-state index contributed by atoms with van der Waals surface area (Å²) in [6, 6.07) is 57.1. The van der Waals surface area contributed by atoms with E-state index in [2.05, 4.69) is 175 Å². The third kappa shape index (κ3) is 4.41. The van der Waals surface area contributed by atoms with Crippen LogP contribution in [0.3, 0.4) is 0 Å². The van der Waals surface area contributed by atoms with Gasteiger partial charge in [-0.3, -0.25) is 0 Å². The van der Waals surface area contributed by atoms with Gasteiger partial charge in [-0.25, -0.2) is 0 Å². The number of para-hydroxylation sites is 3. The number of hydrogen-bond acceptors (Lipinski definition) is 1. The second-order valence-electron chi connectivity index (χ2n) is 14.1. The topological polar surface area (TPSA) is 8.17 Å². The third-order valence-corrected chi connectivity index (χ3v) is 13.6. The summed E-state index contributed by atoms with van der Waals surface area (Å²) in [4.78, 5) is 2.56. The van der Waals surface area contributed by atoms with Crippen molar-refractivity contribution >= 4 is 114 Å². The molecule has 50 heavy (non-hydrogen) atoms. The molecule has 3 heterocycles. The fraction of sp³-hybridized carbons (Fsp3) is 0.0667. The minimum atomic E-state index is -0.138. The van der Waals surface area contributed by atoms with Crippen LogP contribution >= 0.6 is 0 Å². The molecule has 5 heteroatoms. The quantitative estimate of drug-likeness (QED) is 0.164. The molecule has 0 unspecified atom stereocenters. The van der Waals surface area contributed by atoms with Crippen molar-refractivity contribution in [2.24, 2.45) is 0 Å². The van der Waals surface area contributed by atoms with Crippen LogP contribution in [0.4, 0.5) is 17.1 Å². The summed E-state index contributed by atoms with van der Waals surface area (Å²) in [5.74, 6) is 0. The maximum absolute atomic E-state index is 2.75. The van der Waals surface area contributed by atoms with Crippen LogP contribution in [0.25, 0.3) is 44.1 Å². The molecule has 0 spiro atoms. The van der Waals surface area contributed by atoms with E-state index in [9.17, 15) is 0 Å². The van der Waals surface area contributed by atoms with Gasteiger partial charge in [-0.1, -0.05) is 0 Å². The average molecular weight is 1020 g/mol. The minimum absolute atomic E-state index is 0.00356. The Bertz CT molecular complexity index is 2660. The van der Waals surface area contributed by atoms with Gasteiger partial charge in [-0.05, 0) is 0 Å². The molecule has 10 rings (SSSR count). The van der Waals surface area contributed by atoms with Crippen molar-refractivity contribution in [2.45, 2.75) is 19.3 Å². The fourth-order valence-electron chi connectivity index (χ4n) is 8.82. The second-order valence-corrected chi connectivity index (χ2v) is 18.5. The van der Waals surface area contributed by atoms with Crippen LogP contribution in [0.5, 0.6) is 0 Å². The summed E-state index contributed by atoms with van der Waals surface area (Å²) in [6.07, 6.45) is 0. The van der Waals surface area contributed by atoms with E-state index < -0.39 is 0 Å². The van der Waals surface area contributed by atoms with Gasteiger partial charge in [0, 0.05) is 0 Å². The molecule has 0 saturated carbocycles. The first kappa shape index (κ1) is 30.8. The number of fused-ring (bicyclic) bond motifs is 7. The van der Waals surface area contributed by atoms with Crippen LogP contribution in [0.15, 0.2) is 152 Å². The Hall–Kier alpha value is -3.95. The zero-order valence-corrected chi connectivity index (χ0v) is 35.7. The molecule has 6 radical (unpaired) electrons. The van der Waals surface area contributed by atoms with Crippen molar-refractivity contribution in [3.63, 3.8) is 0 Å². The molecular weight excluding hydrogens is 994 g/mol. The van der Waals surface area contributed by atoms with Crippen LogP contribution in [0.1, 0.15) is 25.0 Å². The first-order valence-electron chi connectivity index (χ1n) is 17.2. The van der Waals surface area contributed by atoms with Gasteiger partial charge in [-0.2, -0.15) is 0 Å². The predicted octanol–water partition coefficient (Wildman–Crippen LogP) is 7.79. The van der Waals surface area contributed by atoms with E-state index in [1.54, 1.807) is 0 Å². The molecule has 2 aliphatic heterocycles. The van der Waals surface area contributed by atoms with Crippen molar-refractivity contribution in [1.29, 1.82) is 0 Å². The Labute approximate surface area is 325 Å². The molecule has 0 atom stereocenters. The molecular formula is C45H31BN2Pb2. The summed E-state index contributed by atoms with van der Waals surface area (Å²) in [5, 5.41) is 2.72. The predicted molar refractivity (Wildman–Crippen MR) is 215 cm³/mol. The molecule has 0 bridgehead atoms. The van der Waals surface area contributed by atoms with Crippen molar-refractivity contribution in [2.75, 3.05) is 4.90 Å². The van der Waals surface area contributed by atoms with E-state index in [0.717, 1.165) is 51.5 Å². The van der Waals surface area contributed by atoms with E-state index in [1.807, 2.05) is 0 Å². The number of hydrogen-bond donors (Lipinski definition) is 0. The molecule has 0 aliphatic carbocycles. The Kier molecular flexibility index (Phi) is 7.11. The summed E-state index contributed by atoms with van der Waals surface area (Å²) in [5.41, 5.74) is 17.0. The molecule has 8 aromatic rings. The van der Waals surface area contributed by atoms with Gasteiger partial charge in [0.1, 0.15) is 0 Å². The zero-order chi connectivity index (χ0) is 33.7. The van der Waals surface area contributed by atoms with Crippen LogP contribution in [0.2, 0.25) is 0 Å². The standard InChI is InChI=1S/C45H31BN2.2Pb/c1-45(2)36-21-10-13-26-41(36)47-42-27-14-11-23-38(42)46(39-24-15-22-37(45)44(39)47)48-40-25-12-9-20-33(40)35-29-32(30-16-5-3-6-17-30)28-34(43(35)48)31-18-7-4-8-19-31;;/h3-8,10-24,26-29H,1-2H3;;.